The van der Waals surface area contributed by atoms with Crippen LogP contribution in [-0.4, -0.2) is 24.3 Å². The number of rotatable bonds is 0. The Hall–Kier alpha value is -0.340. The molecule has 3 rings (SSSR count). The van der Waals surface area contributed by atoms with Crippen LogP contribution in [0, 0.1) is 5.41 Å². The molecule has 0 aromatic carbocycles. The quantitative estimate of drug-likeness (QED) is 0.542. The van der Waals surface area contributed by atoms with Crippen LogP contribution in [0.5, 0.6) is 0 Å². The lowest BCUT2D eigenvalue weighted by atomic mass is 9.69. The highest BCUT2D eigenvalue weighted by Gasteiger charge is 2.63. The van der Waals surface area contributed by atoms with Gasteiger partial charge in [0.1, 0.15) is 5.60 Å². The second-order valence-electron chi connectivity index (χ2n) is 4.63. The molecule has 12 heavy (non-hydrogen) atoms. The molecule has 0 aliphatic carbocycles. The van der Waals surface area contributed by atoms with Gasteiger partial charge in [0.05, 0.1) is 6.10 Å². The zero-order chi connectivity index (χ0) is 8.40. The van der Waals surface area contributed by atoms with Crippen molar-refractivity contribution in [2.45, 2.75) is 38.0 Å². The van der Waals surface area contributed by atoms with E-state index < -0.39 is 0 Å². The fourth-order valence-corrected chi connectivity index (χ4v) is 3.01. The molecule has 0 aromatic rings. The topological polar surface area (TPSA) is 21.3 Å². The highest BCUT2D eigenvalue weighted by atomic mass is 16.5. The summed E-state index contributed by atoms with van der Waals surface area (Å²) in [5.74, 6) is 0. The average Bonchev–Trinajstić information content (AvgIpc) is 2.61. The van der Waals surface area contributed by atoms with Crippen molar-refractivity contribution < 1.29 is 4.74 Å². The summed E-state index contributed by atoms with van der Waals surface area (Å²) in [5, 5.41) is 3.50. The van der Waals surface area contributed by atoms with Gasteiger partial charge >= 0.3 is 0 Å². The van der Waals surface area contributed by atoms with Crippen LogP contribution in [0.15, 0.2) is 12.2 Å². The lowest BCUT2D eigenvalue weighted by Crippen LogP contribution is -2.42. The first-order valence-corrected chi connectivity index (χ1v) is 4.77. The van der Waals surface area contributed by atoms with Gasteiger partial charge < -0.3 is 10.1 Å². The Morgan fingerprint density at radius 2 is 2.42 bits per heavy atom. The van der Waals surface area contributed by atoms with Gasteiger partial charge in [-0.3, -0.25) is 0 Å². The molecule has 1 N–H and O–H groups in total. The minimum absolute atomic E-state index is 0.0388. The molecular weight excluding hydrogens is 150 g/mol. The first kappa shape index (κ1) is 7.10. The Bertz CT molecular complexity index is 263. The molecule has 2 fully saturated rings. The van der Waals surface area contributed by atoms with E-state index in [-0.39, 0.29) is 5.60 Å². The van der Waals surface area contributed by atoms with Crippen molar-refractivity contribution in [1.82, 2.24) is 5.32 Å². The van der Waals surface area contributed by atoms with Crippen molar-refractivity contribution in [1.29, 1.82) is 0 Å². The second kappa shape index (κ2) is 1.78. The Labute approximate surface area is 73.0 Å². The molecule has 2 nitrogen and oxygen atoms in total. The van der Waals surface area contributed by atoms with Gasteiger partial charge in [-0.1, -0.05) is 19.1 Å². The number of fused-ring (bicyclic) bond motifs is 1. The highest BCUT2D eigenvalue weighted by Crippen LogP contribution is 2.56. The monoisotopic (exact) mass is 165 g/mol. The molecule has 0 amide bonds. The van der Waals surface area contributed by atoms with Crippen LogP contribution in [0.25, 0.3) is 0 Å². The van der Waals surface area contributed by atoms with E-state index in [0.717, 1.165) is 6.54 Å². The molecular formula is C10H15NO. The van der Waals surface area contributed by atoms with E-state index in [0.29, 0.717) is 17.6 Å². The third-order valence-electron chi connectivity index (χ3n) is 4.16. The number of hydrogen-bond donors (Lipinski definition) is 1. The Kier molecular flexibility index (Phi) is 1.05. The summed E-state index contributed by atoms with van der Waals surface area (Å²) in [7, 11) is 0. The fraction of sp³-hybridized carbons (Fsp3) is 0.800. The fourth-order valence-electron chi connectivity index (χ4n) is 3.01. The summed E-state index contributed by atoms with van der Waals surface area (Å²) >= 11 is 0. The SMILES string of the molecule is C[C@@H]1NC[C@]23C=C[C@H](C[C@@]12C)O3. The van der Waals surface area contributed by atoms with E-state index in [1.807, 2.05) is 0 Å². The third-order valence-corrected chi connectivity index (χ3v) is 4.16. The zero-order valence-corrected chi connectivity index (χ0v) is 7.63. The van der Waals surface area contributed by atoms with E-state index in [9.17, 15) is 0 Å². The standard InChI is InChI=1S/C10H15NO/c1-7-9(2)5-8-3-4-10(9,12-8)6-11-7/h3-4,7-8,11H,5-6H2,1-2H3/t7-,8+,9-,10+/m0/s1. The van der Waals surface area contributed by atoms with Crippen molar-refractivity contribution >= 4 is 0 Å². The molecule has 0 aromatic heterocycles. The van der Waals surface area contributed by atoms with Gasteiger partial charge in [0, 0.05) is 18.0 Å². The van der Waals surface area contributed by atoms with Crippen molar-refractivity contribution in [2.75, 3.05) is 6.54 Å². The summed E-state index contributed by atoms with van der Waals surface area (Å²) in [6.45, 7) is 5.62. The molecule has 66 valence electrons. The van der Waals surface area contributed by atoms with E-state index in [4.69, 9.17) is 4.74 Å². The molecule has 2 bridgehead atoms. The van der Waals surface area contributed by atoms with E-state index in [1.165, 1.54) is 6.42 Å². The van der Waals surface area contributed by atoms with Gasteiger partial charge in [-0.05, 0) is 13.3 Å². The van der Waals surface area contributed by atoms with Gasteiger partial charge in [0.25, 0.3) is 0 Å². The smallest absolute Gasteiger partial charge is 0.106 e. The number of hydrogen-bond acceptors (Lipinski definition) is 2. The third kappa shape index (κ3) is 0.539. The molecule has 4 atom stereocenters. The minimum atomic E-state index is 0.0388. The summed E-state index contributed by atoms with van der Waals surface area (Å²) in [5.41, 5.74) is 0.378. The van der Waals surface area contributed by atoms with Gasteiger partial charge in [0.15, 0.2) is 0 Å². The Morgan fingerprint density at radius 1 is 1.58 bits per heavy atom. The predicted molar refractivity (Wildman–Crippen MR) is 46.9 cm³/mol. The molecule has 2 heteroatoms. The predicted octanol–water partition coefficient (Wildman–Crippen LogP) is 1.08. The molecule has 0 unspecified atom stereocenters. The second-order valence-corrected chi connectivity index (χ2v) is 4.63. The highest BCUT2D eigenvalue weighted by molar-refractivity contribution is 5.30. The average molecular weight is 165 g/mol. The maximum absolute atomic E-state index is 5.98. The van der Waals surface area contributed by atoms with Crippen molar-refractivity contribution in [3.8, 4) is 0 Å². The van der Waals surface area contributed by atoms with Crippen LogP contribution < -0.4 is 5.32 Å². The lowest BCUT2D eigenvalue weighted by Gasteiger charge is -2.35. The van der Waals surface area contributed by atoms with Crippen molar-refractivity contribution in [3.05, 3.63) is 12.2 Å². The summed E-state index contributed by atoms with van der Waals surface area (Å²) < 4.78 is 5.98. The first-order valence-electron chi connectivity index (χ1n) is 4.77. The van der Waals surface area contributed by atoms with Crippen LogP contribution in [-0.2, 0) is 4.74 Å². The molecule has 3 heterocycles. The molecule has 0 radical (unpaired) electrons. The Balaban J connectivity index is 2.12. The minimum Gasteiger partial charge on any atom is -0.362 e. The van der Waals surface area contributed by atoms with Crippen LogP contribution >= 0.6 is 0 Å². The van der Waals surface area contributed by atoms with Gasteiger partial charge in [-0.15, -0.1) is 0 Å². The Morgan fingerprint density at radius 3 is 3.08 bits per heavy atom. The molecule has 0 saturated carbocycles. The van der Waals surface area contributed by atoms with E-state index >= 15 is 0 Å². The molecule has 1 spiro atoms. The van der Waals surface area contributed by atoms with Gasteiger partial charge in [-0.25, -0.2) is 0 Å². The largest absolute Gasteiger partial charge is 0.362 e. The maximum atomic E-state index is 5.98. The van der Waals surface area contributed by atoms with E-state index in [2.05, 4.69) is 31.3 Å². The molecule has 2 saturated heterocycles. The number of nitrogens with one attached hydrogen (secondary N) is 1. The lowest BCUT2D eigenvalue weighted by molar-refractivity contribution is 0.00752. The normalized spacial score (nSPS) is 61.2. The van der Waals surface area contributed by atoms with Gasteiger partial charge in [-0.2, -0.15) is 0 Å². The van der Waals surface area contributed by atoms with Crippen molar-refractivity contribution in [3.63, 3.8) is 0 Å². The van der Waals surface area contributed by atoms with Crippen LogP contribution in [0.1, 0.15) is 20.3 Å². The van der Waals surface area contributed by atoms with Crippen LogP contribution in [0.3, 0.4) is 0 Å². The van der Waals surface area contributed by atoms with Crippen molar-refractivity contribution in [2.24, 2.45) is 5.41 Å². The van der Waals surface area contributed by atoms with Crippen LogP contribution in [0.2, 0.25) is 0 Å². The zero-order valence-electron chi connectivity index (χ0n) is 7.63. The summed E-state index contributed by atoms with van der Waals surface area (Å²) in [6.07, 6.45) is 6.09. The molecule has 3 aliphatic heterocycles. The molecule has 3 aliphatic rings. The van der Waals surface area contributed by atoms with E-state index in [1.54, 1.807) is 0 Å². The summed E-state index contributed by atoms with van der Waals surface area (Å²) in [6, 6.07) is 0.590. The summed E-state index contributed by atoms with van der Waals surface area (Å²) in [4.78, 5) is 0. The van der Waals surface area contributed by atoms with Crippen LogP contribution in [0.4, 0.5) is 0 Å². The van der Waals surface area contributed by atoms with Gasteiger partial charge in [0.2, 0.25) is 0 Å². The number of ether oxygens (including phenoxy) is 1. The first-order chi connectivity index (χ1) is 5.66. The maximum Gasteiger partial charge on any atom is 0.106 e.